The molecule has 0 saturated carbocycles. The van der Waals surface area contributed by atoms with Gasteiger partial charge in [0.25, 0.3) is 6.47 Å². The van der Waals surface area contributed by atoms with Gasteiger partial charge in [0.15, 0.2) is 0 Å². The van der Waals surface area contributed by atoms with Crippen molar-refractivity contribution in [3.8, 4) is 0 Å². The molecule has 6 nitrogen and oxygen atoms in total. The first-order chi connectivity index (χ1) is 10.5. The Morgan fingerprint density at radius 1 is 1.23 bits per heavy atom. The van der Waals surface area contributed by atoms with Crippen molar-refractivity contribution >= 4 is 41.3 Å². The van der Waals surface area contributed by atoms with Crippen molar-refractivity contribution in [3.63, 3.8) is 0 Å². The van der Waals surface area contributed by atoms with E-state index in [4.69, 9.17) is 43.9 Å². The van der Waals surface area contributed by atoms with Gasteiger partial charge in [0.05, 0.1) is 0 Å². The number of halogens is 2. The van der Waals surface area contributed by atoms with Crippen molar-refractivity contribution in [1.82, 2.24) is 0 Å². The van der Waals surface area contributed by atoms with Gasteiger partial charge in [-0.05, 0) is 24.1 Å². The summed E-state index contributed by atoms with van der Waals surface area (Å²) >= 11 is 11.5. The fourth-order valence-electron chi connectivity index (χ4n) is 1.76. The summed E-state index contributed by atoms with van der Waals surface area (Å²) in [7, 11) is 0. The summed E-state index contributed by atoms with van der Waals surface area (Å²) in [6.07, 6.45) is 0.320. The molecule has 0 spiro atoms. The lowest BCUT2D eigenvalue weighted by Crippen LogP contribution is -2.32. The number of alkyl halides is 2. The molecule has 0 saturated heterocycles. The number of carbonyl (C=O) groups is 2. The van der Waals surface area contributed by atoms with Gasteiger partial charge < -0.3 is 20.8 Å². The number of hydrogen-bond acceptors (Lipinski definition) is 4. The van der Waals surface area contributed by atoms with Crippen LogP contribution in [0.5, 0.6) is 0 Å². The fourth-order valence-corrected chi connectivity index (χ4v) is 2.17. The number of benzene rings is 1. The van der Waals surface area contributed by atoms with Gasteiger partial charge in [0.2, 0.25) is 0 Å². The highest BCUT2D eigenvalue weighted by atomic mass is 35.5. The number of nitrogens with zero attached hydrogens (tertiary/aromatic N) is 1. The molecule has 1 aromatic rings. The molecule has 0 unspecified atom stereocenters. The van der Waals surface area contributed by atoms with Crippen LogP contribution in [0, 0.1) is 0 Å². The standard InChI is InChI=1S/C13H18Cl2N2O2.CH2O2/c14-5-7-17(8-6-15)11-3-1-10(2-4-11)9-12(16)13(18)19;2-1-3/h1-4,12H,5-9,16H2,(H,18,19);1H,(H,2,3)/t12-;/m1./s1. The van der Waals surface area contributed by atoms with Crippen LogP contribution in [0.2, 0.25) is 0 Å². The van der Waals surface area contributed by atoms with Crippen molar-refractivity contribution in [2.75, 3.05) is 29.7 Å². The van der Waals surface area contributed by atoms with Gasteiger partial charge in [-0.15, -0.1) is 23.2 Å². The monoisotopic (exact) mass is 350 g/mol. The predicted octanol–water partition coefficient (Wildman–Crippen LogP) is 1.63. The lowest BCUT2D eigenvalue weighted by atomic mass is 10.1. The van der Waals surface area contributed by atoms with E-state index in [1.165, 1.54) is 0 Å². The molecular formula is C14H20Cl2N2O4. The minimum Gasteiger partial charge on any atom is -0.483 e. The van der Waals surface area contributed by atoms with Gasteiger partial charge in [-0.25, -0.2) is 0 Å². The van der Waals surface area contributed by atoms with Crippen LogP contribution >= 0.6 is 23.2 Å². The van der Waals surface area contributed by atoms with E-state index in [1.807, 2.05) is 24.3 Å². The zero-order valence-electron chi connectivity index (χ0n) is 12.0. The average Bonchev–Trinajstić information content (AvgIpc) is 2.48. The molecule has 1 aromatic carbocycles. The van der Waals surface area contributed by atoms with Crippen LogP contribution in [0.4, 0.5) is 5.69 Å². The molecule has 0 bridgehead atoms. The molecule has 0 heterocycles. The lowest BCUT2D eigenvalue weighted by molar-refractivity contribution is -0.138. The third kappa shape index (κ3) is 8.07. The van der Waals surface area contributed by atoms with Crippen LogP contribution < -0.4 is 10.6 Å². The molecule has 0 fully saturated rings. The van der Waals surface area contributed by atoms with Gasteiger partial charge in [-0.2, -0.15) is 0 Å². The minimum atomic E-state index is -0.991. The molecule has 0 radical (unpaired) electrons. The number of aliphatic carboxylic acids is 1. The van der Waals surface area contributed by atoms with Gasteiger partial charge in [0, 0.05) is 30.5 Å². The topological polar surface area (TPSA) is 104 Å². The summed E-state index contributed by atoms with van der Waals surface area (Å²) in [4.78, 5) is 21.1. The quantitative estimate of drug-likeness (QED) is 0.486. The van der Waals surface area contributed by atoms with E-state index in [9.17, 15) is 4.79 Å². The average molecular weight is 351 g/mol. The van der Waals surface area contributed by atoms with Crippen molar-refractivity contribution in [2.24, 2.45) is 5.73 Å². The molecule has 124 valence electrons. The minimum absolute atomic E-state index is 0.250. The molecule has 0 aliphatic carbocycles. The van der Waals surface area contributed by atoms with E-state index < -0.39 is 12.0 Å². The van der Waals surface area contributed by atoms with Crippen molar-refractivity contribution in [1.29, 1.82) is 0 Å². The smallest absolute Gasteiger partial charge is 0.320 e. The van der Waals surface area contributed by atoms with E-state index in [2.05, 4.69) is 4.90 Å². The van der Waals surface area contributed by atoms with E-state index in [1.54, 1.807) is 0 Å². The predicted molar refractivity (Wildman–Crippen MR) is 88.1 cm³/mol. The highest BCUT2D eigenvalue weighted by molar-refractivity contribution is 6.18. The van der Waals surface area contributed by atoms with E-state index in [0.717, 1.165) is 24.3 Å². The molecule has 0 aliphatic rings. The first kappa shape index (κ1) is 20.5. The van der Waals surface area contributed by atoms with Gasteiger partial charge in [-0.3, -0.25) is 9.59 Å². The Kier molecular flexibility index (Phi) is 11.3. The molecule has 4 N–H and O–H groups in total. The Balaban J connectivity index is 0.00000135. The van der Waals surface area contributed by atoms with Crippen LogP contribution in [0.3, 0.4) is 0 Å². The summed E-state index contributed by atoms with van der Waals surface area (Å²) in [6.45, 7) is 1.20. The summed E-state index contributed by atoms with van der Waals surface area (Å²) < 4.78 is 0. The Labute approximate surface area is 139 Å². The number of carboxylic acid groups (broad SMARTS) is 2. The first-order valence-electron chi connectivity index (χ1n) is 6.52. The normalized spacial score (nSPS) is 11.0. The number of anilines is 1. The largest absolute Gasteiger partial charge is 0.483 e. The number of rotatable bonds is 8. The second-order valence-electron chi connectivity index (χ2n) is 4.29. The van der Waals surface area contributed by atoms with Crippen LogP contribution in [0.25, 0.3) is 0 Å². The molecule has 1 atom stereocenters. The van der Waals surface area contributed by atoms with Gasteiger partial charge in [-0.1, -0.05) is 12.1 Å². The second kappa shape index (κ2) is 12.1. The van der Waals surface area contributed by atoms with Crippen LogP contribution in [-0.4, -0.2) is 53.5 Å². The van der Waals surface area contributed by atoms with E-state index in [-0.39, 0.29) is 6.47 Å². The van der Waals surface area contributed by atoms with Crippen LogP contribution in [-0.2, 0) is 16.0 Å². The molecule has 1 rings (SSSR count). The van der Waals surface area contributed by atoms with Crippen LogP contribution in [0.15, 0.2) is 24.3 Å². The number of carboxylic acids is 1. The zero-order valence-corrected chi connectivity index (χ0v) is 13.5. The fraction of sp³-hybridized carbons (Fsp3) is 0.429. The van der Waals surface area contributed by atoms with Gasteiger partial charge in [0.1, 0.15) is 6.04 Å². The summed E-state index contributed by atoms with van der Waals surface area (Å²) in [5, 5.41) is 15.7. The highest BCUT2D eigenvalue weighted by Gasteiger charge is 2.12. The number of nitrogens with two attached hydrogens (primary N) is 1. The maximum Gasteiger partial charge on any atom is 0.320 e. The Morgan fingerprint density at radius 2 is 1.68 bits per heavy atom. The molecule has 0 aromatic heterocycles. The summed E-state index contributed by atoms with van der Waals surface area (Å²) in [5.74, 6) is 0.0698. The molecule has 0 amide bonds. The van der Waals surface area contributed by atoms with Crippen LogP contribution in [0.1, 0.15) is 5.56 Å². The van der Waals surface area contributed by atoms with Gasteiger partial charge >= 0.3 is 5.97 Å². The molecular weight excluding hydrogens is 331 g/mol. The van der Waals surface area contributed by atoms with E-state index in [0.29, 0.717) is 18.2 Å². The van der Waals surface area contributed by atoms with Crippen molar-refractivity contribution in [3.05, 3.63) is 29.8 Å². The van der Waals surface area contributed by atoms with Crippen molar-refractivity contribution in [2.45, 2.75) is 12.5 Å². The molecule has 8 heteroatoms. The summed E-state index contributed by atoms with van der Waals surface area (Å²) in [6, 6.07) is 6.76. The highest BCUT2D eigenvalue weighted by Crippen LogP contribution is 2.16. The third-order valence-corrected chi connectivity index (χ3v) is 3.12. The van der Waals surface area contributed by atoms with E-state index >= 15 is 0 Å². The Morgan fingerprint density at radius 3 is 2.05 bits per heavy atom. The second-order valence-corrected chi connectivity index (χ2v) is 5.04. The maximum absolute atomic E-state index is 10.7. The SMILES string of the molecule is N[C@H](Cc1ccc(N(CCCl)CCCl)cc1)C(=O)O.O=CO. The zero-order chi connectivity index (χ0) is 17.0. The summed E-state index contributed by atoms with van der Waals surface area (Å²) in [5.41, 5.74) is 7.42. The number of hydrogen-bond donors (Lipinski definition) is 3. The Bertz CT molecular complexity index is 437. The molecule has 22 heavy (non-hydrogen) atoms. The maximum atomic E-state index is 10.7. The lowest BCUT2D eigenvalue weighted by Gasteiger charge is -2.23. The molecule has 0 aliphatic heterocycles. The van der Waals surface area contributed by atoms with Crippen molar-refractivity contribution < 1.29 is 19.8 Å². The Hall–Kier alpha value is -1.50. The third-order valence-electron chi connectivity index (χ3n) is 2.78. The first-order valence-corrected chi connectivity index (χ1v) is 7.59.